The highest BCUT2D eigenvalue weighted by atomic mass is 16.3. The molecular weight excluding hydrogens is 276 g/mol. The van der Waals surface area contributed by atoms with E-state index in [1.165, 1.54) is 13.0 Å². The van der Waals surface area contributed by atoms with E-state index < -0.39 is 0 Å². The van der Waals surface area contributed by atoms with Gasteiger partial charge in [-0.15, -0.1) is 0 Å². The molecule has 1 N–H and O–H groups in total. The molecule has 3 nitrogen and oxygen atoms in total. The molecule has 1 aromatic carbocycles. The van der Waals surface area contributed by atoms with Crippen LogP contribution in [0.4, 0.5) is 0 Å². The molecule has 0 radical (unpaired) electrons. The van der Waals surface area contributed by atoms with Crippen LogP contribution < -0.4 is 0 Å². The van der Waals surface area contributed by atoms with E-state index >= 15 is 0 Å². The number of fused-ring (bicyclic) bond motifs is 3. The Morgan fingerprint density at radius 3 is 2.55 bits per heavy atom. The van der Waals surface area contributed by atoms with Crippen molar-refractivity contribution in [2.45, 2.75) is 58.8 Å². The van der Waals surface area contributed by atoms with Gasteiger partial charge in [-0.1, -0.05) is 27.2 Å². The monoisotopic (exact) mass is 300 g/mol. The van der Waals surface area contributed by atoms with Crippen LogP contribution >= 0.6 is 0 Å². The highest BCUT2D eigenvalue weighted by Crippen LogP contribution is 2.57. The van der Waals surface area contributed by atoms with Crippen molar-refractivity contribution in [1.82, 2.24) is 0 Å². The van der Waals surface area contributed by atoms with Crippen LogP contribution in [0.15, 0.2) is 12.1 Å². The Morgan fingerprint density at radius 2 is 1.91 bits per heavy atom. The van der Waals surface area contributed by atoms with E-state index in [1.54, 1.807) is 6.07 Å². The molecule has 2 aliphatic rings. The first-order chi connectivity index (χ1) is 10.2. The van der Waals surface area contributed by atoms with Crippen LogP contribution in [0.1, 0.15) is 79.7 Å². The fraction of sp³-hybridized carbons (Fsp3) is 0.579. The normalized spacial score (nSPS) is 29.6. The largest absolute Gasteiger partial charge is 0.508 e. The number of benzene rings is 1. The lowest BCUT2D eigenvalue weighted by Gasteiger charge is -2.54. The Hall–Kier alpha value is -1.64. The molecule has 0 unspecified atom stereocenters. The molecule has 0 aromatic heterocycles. The lowest BCUT2D eigenvalue weighted by molar-refractivity contribution is 0.0366. The van der Waals surface area contributed by atoms with Crippen molar-refractivity contribution in [1.29, 1.82) is 0 Å². The number of Topliss-reactive ketones (excluding diaryl/α,β-unsaturated/α-hetero) is 2. The van der Waals surface area contributed by atoms with E-state index in [-0.39, 0.29) is 34.1 Å². The van der Waals surface area contributed by atoms with Crippen LogP contribution in [0.3, 0.4) is 0 Å². The summed E-state index contributed by atoms with van der Waals surface area (Å²) in [6.07, 6.45) is 3.73. The average Bonchev–Trinajstić information content (AvgIpc) is 2.40. The summed E-state index contributed by atoms with van der Waals surface area (Å²) in [7, 11) is 0. The molecule has 2 atom stereocenters. The second-order valence-corrected chi connectivity index (χ2v) is 7.91. The van der Waals surface area contributed by atoms with E-state index in [0.717, 1.165) is 24.8 Å². The maximum Gasteiger partial charge on any atom is 0.164 e. The molecule has 1 fully saturated rings. The molecule has 1 saturated carbocycles. The third-order valence-corrected chi connectivity index (χ3v) is 6.02. The second kappa shape index (κ2) is 4.68. The Labute approximate surface area is 131 Å². The second-order valence-electron chi connectivity index (χ2n) is 7.91. The Morgan fingerprint density at radius 1 is 1.23 bits per heavy atom. The first-order valence-corrected chi connectivity index (χ1v) is 8.08. The van der Waals surface area contributed by atoms with Gasteiger partial charge in [-0.2, -0.15) is 0 Å². The molecule has 3 heteroatoms. The zero-order valence-electron chi connectivity index (χ0n) is 13.8. The molecule has 0 saturated heterocycles. The van der Waals surface area contributed by atoms with Gasteiger partial charge in [-0.05, 0) is 54.2 Å². The predicted molar refractivity (Wildman–Crippen MR) is 85.5 cm³/mol. The Balaban J connectivity index is 2.29. The molecule has 0 heterocycles. The Bertz CT molecular complexity index is 672. The van der Waals surface area contributed by atoms with Crippen LogP contribution in [0.5, 0.6) is 5.75 Å². The third kappa shape index (κ3) is 2.02. The number of rotatable bonds is 1. The molecule has 0 amide bonds. The van der Waals surface area contributed by atoms with Crippen LogP contribution in [0.2, 0.25) is 0 Å². The van der Waals surface area contributed by atoms with Gasteiger partial charge in [-0.3, -0.25) is 9.59 Å². The summed E-state index contributed by atoms with van der Waals surface area (Å²) in [6, 6.07) is 3.16. The predicted octanol–water partition coefficient (Wildman–Crippen LogP) is 4.27. The summed E-state index contributed by atoms with van der Waals surface area (Å²) in [5, 5.41) is 10.1. The number of aromatic hydroxyl groups is 1. The molecule has 1 aromatic rings. The molecule has 0 spiro atoms. The van der Waals surface area contributed by atoms with Crippen LogP contribution in [0, 0.1) is 11.3 Å². The van der Waals surface area contributed by atoms with Gasteiger partial charge in [0.15, 0.2) is 11.6 Å². The minimum absolute atomic E-state index is 0.0534. The van der Waals surface area contributed by atoms with Gasteiger partial charge in [0.05, 0.1) is 0 Å². The number of hydrogen-bond donors (Lipinski definition) is 1. The summed E-state index contributed by atoms with van der Waals surface area (Å²) < 4.78 is 0. The van der Waals surface area contributed by atoms with Crippen LogP contribution in [0.25, 0.3) is 0 Å². The maximum atomic E-state index is 12.8. The van der Waals surface area contributed by atoms with Crippen molar-refractivity contribution >= 4 is 11.6 Å². The smallest absolute Gasteiger partial charge is 0.164 e. The minimum Gasteiger partial charge on any atom is -0.508 e. The number of phenols is 1. The fourth-order valence-corrected chi connectivity index (χ4v) is 4.89. The maximum absolute atomic E-state index is 12.8. The van der Waals surface area contributed by atoms with Gasteiger partial charge in [0.1, 0.15) is 5.75 Å². The minimum atomic E-state index is -0.155. The molecule has 22 heavy (non-hydrogen) atoms. The lowest BCUT2D eigenvalue weighted by atomic mass is 9.50. The van der Waals surface area contributed by atoms with Crippen molar-refractivity contribution in [2.75, 3.05) is 0 Å². The topological polar surface area (TPSA) is 54.4 Å². The summed E-state index contributed by atoms with van der Waals surface area (Å²) >= 11 is 0. The van der Waals surface area contributed by atoms with Gasteiger partial charge in [0, 0.05) is 17.5 Å². The number of phenolic OH excluding ortho intramolecular Hbond substituents is 1. The van der Waals surface area contributed by atoms with Gasteiger partial charge in [0.25, 0.3) is 0 Å². The quantitative estimate of drug-likeness (QED) is 0.788. The van der Waals surface area contributed by atoms with E-state index in [0.29, 0.717) is 17.5 Å². The third-order valence-electron chi connectivity index (χ3n) is 6.02. The SMILES string of the molecule is CC(=O)c1cc(O)cc2c1C(=O)C[C@H]1C(C)(C)CCC[C@]21C. The van der Waals surface area contributed by atoms with Gasteiger partial charge >= 0.3 is 0 Å². The number of carbonyl (C=O) groups is 2. The molecular formula is C19H24O3. The van der Waals surface area contributed by atoms with Crippen LogP contribution in [-0.2, 0) is 5.41 Å². The van der Waals surface area contributed by atoms with Crippen molar-refractivity contribution in [3.05, 3.63) is 28.8 Å². The zero-order valence-corrected chi connectivity index (χ0v) is 13.8. The van der Waals surface area contributed by atoms with Crippen molar-refractivity contribution < 1.29 is 14.7 Å². The summed E-state index contributed by atoms with van der Waals surface area (Å²) in [5.41, 5.74) is 1.77. The van der Waals surface area contributed by atoms with E-state index in [1.807, 2.05) is 0 Å². The summed E-state index contributed by atoms with van der Waals surface area (Å²) in [5.74, 6) is 0.243. The van der Waals surface area contributed by atoms with Crippen molar-refractivity contribution in [2.24, 2.45) is 11.3 Å². The van der Waals surface area contributed by atoms with E-state index in [4.69, 9.17) is 0 Å². The van der Waals surface area contributed by atoms with Gasteiger partial charge in [0.2, 0.25) is 0 Å². The highest BCUT2D eigenvalue weighted by Gasteiger charge is 2.52. The summed E-state index contributed by atoms with van der Waals surface area (Å²) in [6.45, 7) is 8.14. The van der Waals surface area contributed by atoms with Gasteiger partial charge in [-0.25, -0.2) is 0 Å². The summed E-state index contributed by atoms with van der Waals surface area (Å²) in [4.78, 5) is 24.7. The first kappa shape index (κ1) is 15.3. The number of hydrogen-bond acceptors (Lipinski definition) is 3. The Kier molecular flexibility index (Phi) is 3.24. The highest BCUT2D eigenvalue weighted by molar-refractivity contribution is 6.10. The standard InChI is InChI=1S/C19H24O3/c1-11(20)13-8-12(21)9-14-17(13)15(22)10-16-18(2,3)6-5-7-19(14,16)4/h8-9,16,21H,5-7,10H2,1-4H3/t16-,19+/m0/s1. The number of carbonyl (C=O) groups excluding carboxylic acids is 2. The van der Waals surface area contributed by atoms with E-state index in [2.05, 4.69) is 20.8 Å². The fourth-order valence-electron chi connectivity index (χ4n) is 4.89. The zero-order chi connectivity index (χ0) is 16.3. The van der Waals surface area contributed by atoms with Crippen LogP contribution in [-0.4, -0.2) is 16.7 Å². The first-order valence-electron chi connectivity index (χ1n) is 8.08. The van der Waals surface area contributed by atoms with Crippen molar-refractivity contribution in [3.8, 4) is 5.75 Å². The lowest BCUT2D eigenvalue weighted by Crippen LogP contribution is -2.49. The molecule has 118 valence electrons. The van der Waals surface area contributed by atoms with Gasteiger partial charge < -0.3 is 5.11 Å². The molecule has 0 bridgehead atoms. The molecule has 2 aliphatic carbocycles. The number of ketones is 2. The van der Waals surface area contributed by atoms with Crippen molar-refractivity contribution in [3.63, 3.8) is 0 Å². The van der Waals surface area contributed by atoms with E-state index in [9.17, 15) is 14.7 Å². The molecule has 3 rings (SSSR count). The average molecular weight is 300 g/mol. The molecule has 0 aliphatic heterocycles.